The van der Waals surface area contributed by atoms with Gasteiger partial charge in [0.15, 0.2) is 15.6 Å². The van der Waals surface area contributed by atoms with Crippen LogP contribution in [0.5, 0.6) is 0 Å². The third-order valence-corrected chi connectivity index (χ3v) is 5.68. The van der Waals surface area contributed by atoms with Crippen molar-refractivity contribution < 1.29 is 12.8 Å². The summed E-state index contributed by atoms with van der Waals surface area (Å²) < 4.78 is 30.6. The van der Waals surface area contributed by atoms with Crippen LogP contribution in [0.4, 0.5) is 5.82 Å². The van der Waals surface area contributed by atoms with Gasteiger partial charge in [-0.05, 0) is 31.9 Å². The number of rotatable bonds is 3. The zero-order valence-corrected chi connectivity index (χ0v) is 13.0. The maximum atomic E-state index is 11.7. The van der Waals surface area contributed by atoms with Crippen molar-refractivity contribution in [2.24, 2.45) is 0 Å². The molecule has 6 nitrogen and oxygen atoms in total. The van der Waals surface area contributed by atoms with E-state index in [2.05, 4.69) is 5.10 Å². The number of nitrogen functional groups attached to an aromatic ring is 1. The lowest BCUT2D eigenvalue weighted by atomic mass is 10.1. The minimum absolute atomic E-state index is 0.110. The lowest BCUT2D eigenvalue weighted by Gasteiger charge is -2.10. The fraction of sp³-hybridized carbons (Fsp3) is 0.500. The summed E-state index contributed by atoms with van der Waals surface area (Å²) in [6.45, 7) is 3.88. The number of hydrogen-bond acceptors (Lipinski definition) is 5. The van der Waals surface area contributed by atoms with Gasteiger partial charge in [-0.15, -0.1) is 0 Å². The van der Waals surface area contributed by atoms with E-state index in [0.29, 0.717) is 23.7 Å². The van der Waals surface area contributed by atoms with Crippen LogP contribution in [0.15, 0.2) is 16.5 Å². The Hall–Kier alpha value is -1.76. The minimum Gasteiger partial charge on any atom is -0.460 e. The molecular weight excluding hydrogens is 290 g/mol. The Balaban J connectivity index is 2.06. The van der Waals surface area contributed by atoms with E-state index >= 15 is 0 Å². The Kier molecular flexibility index (Phi) is 3.32. The molecule has 0 bridgehead atoms. The maximum absolute atomic E-state index is 11.7. The molecule has 0 amide bonds. The standard InChI is InChI=1S/C14H19N3O3S/c1-3-11-13(12-5-4-9(2)20-12)16-17(14(11)15)10-6-7-21(18,19)8-10/h4-5,10H,3,6-8,15H2,1-2H3. The fourth-order valence-corrected chi connectivity index (χ4v) is 4.53. The van der Waals surface area contributed by atoms with Gasteiger partial charge >= 0.3 is 0 Å². The highest BCUT2D eigenvalue weighted by molar-refractivity contribution is 7.91. The summed E-state index contributed by atoms with van der Waals surface area (Å²) in [6, 6.07) is 3.57. The van der Waals surface area contributed by atoms with Crippen LogP contribution in [0, 0.1) is 6.92 Å². The van der Waals surface area contributed by atoms with Crippen LogP contribution in [-0.4, -0.2) is 29.7 Å². The molecule has 3 heterocycles. The summed E-state index contributed by atoms with van der Waals surface area (Å²) in [5.74, 6) is 2.34. The second-order valence-corrected chi connectivity index (χ2v) is 7.71. The topological polar surface area (TPSA) is 91.1 Å². The molecule has 1 fully saturated rings. The third-order valence-electron chi connectivity index (χ3n) is 3.93. The van der Waals surface area contributed by atoms with Crippen molar-refractivity contribution in [3.05, 3.63) is 23.5 Å². The highest BCUT2D eigenvalue weighted by Gasteiger charge is 2.32. The maximum Gasteiger partial charge on any atom is 0.154 e. The molecular formula is C14H19N3O3S. The number of nitrogens with zero attached hydrogens (tertiary/aromatic N) is 2. The van der Waals surface area contributed by atoms with Gasteiger partial charge in [0.25, 0.3) is 0 Å². The molecule has 21 heavy (non-hydrogen) atoms. The Morgan fingerprint density at radius 3 is 2.76 bits per heavy atom. The predicted molar refractivity (Wildman–Crippen MR) is 80.8 cm³/mol. The second kappa shape index (κ2) is 4.91. The number of furan rings is 1. The summed E-state index contributed by atoms with van der Waals surface area (Å²) >= 11 is 0. The van der Waals surface area contributed by atoms with Crippen molar-refractivity contribution in [2.75, 3.05) is 17.2 Å². The Morgan fingerprint density at radius 2 is 2.24 bits per heavy atom. The molecule has 2 aromatic rings. The molecule has 114 valence electrons. The molecule has 0 spiro atoms. The number of hydrogen-bond donors (Lipinski definition) is 1. The molecule has 0 radical (unpaired) electrons. The van der Waals surface area contributed by atoms with Gasteiger partial charge in [0.05, 0.1) is 17.5 Å². The molecule has 0 aliphatic carbocycles. The largest absolute Gasteiger partial charge is 0.460 e. The van der Waals surface area contributed by atoms with Crippen LogP contribution in [0.2, 0.25) is 0 Å². The Morgan fingerprint density at radius 1 is 1.48 bits per heavy atom. The van der Waals surface area contributed by atoms with E-state index in [1.807, 2.05) is 26.0 Å². The molecule has 1 aliphatic rings. The first-order valence-corrected chi connectivity index (χ1v) is 8.87. The monoisotopic (exact) mass is 309 g/mol. The van der Waals surface area contributed by atoms with Gasteiger partial charge in [0.2, 0.25) is 0 Å². The number of aryl methyl sites for hydroxylation is 1. The van der Waals surface area contributed by atoms with Gasteiger partial charge in [-0.25, -0.2) is 13.1 Å². The molecule has 1 aliphatic heterocycles. The van der Waals surface area contributed by atoms with Crippen LogP contribution >= 0.6 is 0 Å². The lowest BCUT2D eigenvalue weighted by Crippen LogP contribution is -2.15. The molecule has 1 unspecified atom stereocenters. The minimum atomic E-state index is -2.97. The Labute approximate surface area is 123 Å². The van der Waals surface area contributed by atoms with Crippen molar-refractivity contribution in [1.82, 2.24) is 9.78 Å². The molecule has 1 saturated heterocycles. The van der Waals surface area contributed by atoms with E-state index in [1.165, 1.54) is 0 Å². The molecule has 1 atom stereocenters. The zero-order valence-electron chi connectivity index (χ0n) is 12.2. The SMILES string of the molecule is CCc1c(-c2ccc(C)o2)nn(C2CCS(=O)(=O)C2)c1N. The van der Waals surface area contributed by atoms with Gasteiger partial charge in [-0.3, -0.25) is 0 Å². The van der Waals surface area contributed by atoms with E-state index in [9.17, 15) is 8.42 Å². The molecule has 0 aromatic carbocycles. The smallest absolute Gasteiger partial charge is 0.154 e. The zero-order chi connectivity index (χ0) is 15.2. The van der Waals surface area contributed by atoms with Crippen molar-refractivity contribution in [3.8, 4) is 11.5 Å². The predicted octanol–water partition coefficient (Wildman–Crippen LogP) is 1.96. The van der Waals surface area contributed by atoms with Crippen molar-refractivity contribution in [3.63, 3.8) is 0 Å². The second-order valence-electron chi connectivity index (χ2n) is 5.48. The first-order chi connectivity index (χ1) is 9.91. The number of nitrogens with two attached hydrogens (primary N) is 1. The number of aromatic nitrogens is 2. The fourth-order valence-electron chi connectivity index (χ4n) is 2.84. The normalized spacial score (nSPS) is 21.0. The summed E-state index contributed by atoms with van der Waals surface area (Å²) in [4.78, 5) is 0. The molecule has 2 N–H and O–H groups in total. The average Bonchev–Trinajstić information content (AvgIpc) is 3.07. The summed E-state index contributed by atoms with van der Waals surface area (Å²) in [7, 11) is -2.97. The Bertz CT molecular complexity index is 773. The van der Waals surface area contributed by atoms with Crippen LogP contribution in [0.25, 0.3) is 11.5 Å². The average molecular weight is 309 g/mol. The lowest BCUT2D eigenvalue weighted by molar-refractivity contribution is 0.502. The van der Waals surface area contributed by atoms with Gasteiger partial charge in [0.1, 0.15) is 17.3 Å². The van der Waals surface area contributed by atoms with E-state index in [-0.39, 0.29) is 17.5 Å². The van der Waals surface area contributed by atoms with E-state index < -0.39 is 9.84 Å². The summed E-state index contributed by atoms with van der Waals surface area (Å²) in [6.07, 6.45) is 1.29. The highest BCUT2D eigenvalue weighted by atomic mass is 32.2. The molecule has 2 aromatic heterocycles. The highest BCUT2D eigenvalue weighted by Crippen LogP contribution is 2.33. The first-order valence-electron chi connectivity index (χ1n) is 7.05. The van der Waals surface area contributed by atoms with Gasteiger partial charge in [-0.2, -0.15) is 5.10 Å². The van der Waals surface area contributed by atoms with Crippen LogP contribution in [0.1, 0.15) is 30.7 Å². The van der Waals surface area contributed by atoms with E-state index in [0.717, 1.165) is 17.7 Å². The first kappa shape index (κ1) is 14.2. The molecule has 0 saturated carbocycles. The summed E-state index contributed by atoms with van der Waals surface area (Å²) in [5, 5.41) is 4.55. The van der Waals surface area contributed by atoms with E-state index in [1.54, 1.807) is 4.68 Å². The number of anilines is 1. The van der Waals surface area contributed by atoms with E-state index in [4.69, 9.17) is 10.2 Å². The van der Waals surface area contributed by atoms with Crippen LogP contribution < -0.4 is 5.73 Å². The van der Waals surface area contributed by atoms with Crippen molar-refractivity contribution in [2.45, 2.75) is 32.7 Å². The van der Waals surface area contributed by atoms with Crippen molar-refractivity contribution >= 4 is 15.7 Å². The third kappa shape index (κ3) is 2.46. The summed E-state index contributed by atoms with van der Waals surface area (Å²) in [5.41, 5.74) is 7.82. The van der Waals surface area contributed by atoms with Crippen LogP contribution in [-0.2, 0) is 16.3 Å². The van der Waals surface area contributed by atoms with Gasteiger partial charge < -0.3 is 10.2 Å². The van der Waals surface area contributed by atoms with Gasteiger partial charge in [0, 0.05) is 5.56 Å². The van der Waals surface area contributed by atoms with Gasteiger partial charge in [-0.1, -0.05) is 6.92 Å². The number of sulfone groups is 1. The molecule has 7 heteroatoms. The van der Waals surface area contributed by atoms with Crippen molar-refractivity contribution in [1.29, 1.82) is 0 Å². The quantitative estimate of drug-likeness (QED) is 0.935. The molecule has 3 rings (SSSR count). The van der Waals surface area contributed by atoms with Crippen LogP contribution in [0.3, 0.4) is 0 Å².